The van der Waals surface area contributed by atoms with Crippen LogP contribution in [0, 0.1) is 5.82 Å². The Morgan fingerprint density at radius 1 is 1.36 bits per heavy atom. The number of halogens is 1. The number of hydrogen-bond acceptors (Lipinski definition) is 1. The highest BCUT2D eigenvalue weighted by atomic mass is 19.1. The molecule has 1 fully saturated rings. The van der Waals surface area contributed by atoms with E-state index >= 15 is 0 Å². The topological polar surface area (TPSA) is 12.0 Å². The van der Waals surface area contributed by atoms with Gasteiger partial charge in [-0.25, -0.2) is 4.39 Å². The highest BCUT2D eigenvalue weighted by molar-refractivity contribution is 5.24. The van der Waals surface area contributed by atoms with E-state index in [1.54, 1.807) is 12.1 Å². The Morgan fingerprint density at radius 3 is 2.71 bits per heavy atom. The van der Waals surface area contributed by atoms with Crippen LogP contribution in [0.3, 0.4) is 0 Å². The van der Waals surface area contributed by atoms with Gasteiger partial charge in [-0.05, 0) is 36.9 Å². The van der Waals surface area contributed by atoms with E-state index in [0.29, 0.717) is 12.0 Å². The monoisotopic (exact) mass is 193 g/mol. The van der Waals surface area contributed by atoms with E-state index in [-0.39, 0.29) is 5.82 Å². The first-order valence-electron chi connectivity index (χ1n) is 5.29. The van der Waals surface area contributed by atoms with Gasteiger partial charge in [0.1, 0.15) is 5.82 Å². The van der Waals surface area contributed by atoms with Crippen molar-refractivity contribution in [2.24, 2.45) is 0 Å². The van der Waals surface area contributed by atoms with Crippen LogP contribution in [0.1, 0.15) is 31.2 Å². The van der Waals surface area contributed by atoms with Crippen LogP contribution in [0.15, 0.2) is 24.3 Å². The van der Waals surface area contributed by atoms with Gasteiger partial charge in [0, 0.05) is 6.04 Å². The van der Waals surface area contributed by atoms with Gasteiger partial charge in [0.05, 0.1) is 0 Å². The summed E-state index contributed by atoms with van der Waals surface area (Å²) < 4.78 is 13.4. The lowest BCUT2D eigenvalue weighted by Crippen LogP contribution is -2.40. The summed E-state index contributed by atoms with van der Waals surface area (Å²) in [6.45, 7) is 3.12. The van der Waals surface area contributed by atoms with Crippen LogP contribution in [-0.2, 0) is 0 Å². The van der Waals surface area contributed by atoms with Gasteiger partial charge in [0.25, 0.3) is 0 Å². The molecule has 0 atom stereocenters. The summed E-state index contributed by atoms with van der Waals surface area (Å²) in [5.41, 5.74) is 0.890. The molecule has 1 aromatic rings. The van der Waals surface area contributed by atoms with Crippen molar-refractivity contribution in [1.82, 2.24) is 5.32 Å². The van der Waals surface area contributed by atoms with Crippen LogP contribution in [0.4, 0.5) is 4.39 Å². The van der Waals surface area contributed by atoms with E-state index in [0.717, 1.165) is 24.9 Å². The number of benzene rings is 1. The fourth-order valence-corrected chi connectivity index (χ4v) is 2.13. The Morgan fingerprint density at radius 2 is 2.07 bits per heavy atom. The molecule has 14 heavy (non-hydrogen) atoms. The lowest BCUT2D eigenvalue weighted by Gasteiger charge is -2.36. The van der Waals surface area contributed by atoms with Gasteiger partial charge in [0.2, 0.25) is 0 Å². The van der Waals surface area contributed by atoms with E-state index in [1.807, 2.05) is 12.1 Å². The third-order valence-electron chi connectivity index (χ3n) is 2.98. The van der Waals surface area contributed by atoms with Crippen LogP contribution >= 0.6 is 0 Å². The average Bonchev–Trinajstić information content (AvgIpc) is 2.12. The van der Waals surface area contributed by atoms with Gasteiger partial charge in [-0.3, -0.25) is 0 Å². The van der Waals surface area contributed by atoms with Gasteiger partial charge in [-0.15, -0.1) is 0 Å². The lowest BCUT2D eigenvalue weighted by molar-refractivity contribution is 0.290. The third kappa shape index (κ3) is 1.80. The van der Waals surface area contributed by atoms with E-state index in [1.165, 1.54) is 0 Å². The summed E-state index contributed by atoms with van der Waals surface area (Å²) in [6, 6.07) is 7.72. The number of rotatable bonds is 3. The SMILES string of the molecule is CCNC1CC(c2ccccc2F)C1. The van der Waals surface area contributed by atoms with Crippen molar-refractivity contribution >= 4 is 0 Å². The molecule has 1 nitrogen and oxygen atoms in total. The summed E-state index contributed by atoms with van der Waals surface area (Å²) in [7, 11) is 0. The molecule has 2 rings (SSSR count). The first-order chi connectivity index (χ1) is 6.81. The van der Waals surface area contributed by atoms with Crippen LogP contribution in [-0.4, -0.2) is 12.6 Å². The molecule has 0 bridgehead atoms. The van der Waals surface area contributed by atoms with Crippen LogP contribution in [0.25, 0.3) is 0 Å². The summed E-state index contributed by atoms with van der Waals surface area (Å²) >= 11 is 0. The second kappa shape index (κ2) is 4.09. The second-order valence-electron chi connectivity index (χ2n) is 3.94. The minimum atomic E-state index is -0.0487. The molecule has 1 N–H and O–H groups in total. The zero-order valence-corrected chi connectivity index (χ0v) is 8.46. The van der Waals surface area contributed by atoms with Crippen LogP contribution < -0.4 is 5.32 Å². The molecule has 0 unspecified atom stereocenters. The van der Waals surface area contributed by atoms with Crippen molar-refractivity contribution in [3.05, 3.63) is 35.6 Å². The molecule has 0 amide bonds. The zero-order chi connectivity index (χ0) is 9.97. The molecular weight excluding hydrogens is 177 g/mol. The molecule has 0 radical (unpaired) electrons. The van der Waals surface area contributed by atoms with Gasteiger partial charge >= 0.3 is 0 Å². The van der Waals surface area contributed by atoms with E-state index in [9.17, 15) is 4.39 Å². The maximum absolute atomic E-state index is 13.4. The van der Waals surface area contributed by atoms with E-state index < -0.39 is 0 Å². The first-order valence-corrected chi connectivity index (χ1v) is 5.29. The molecule has 1 aliphatic carbocycles. The Bertz CT molecular complexity index is 305. The zero-order valence-electron chi connectivity index (χ0n) is 8.46. The summed E-state index contributed by atoms with van der Waals surface area (Å²) in [4.78, 5) is 0. The Balaban J connectivity index is 1.96. The lowest BCUT2D eigenvalue weighted by atomic mass is 9.75. The first kappa shape index (κ1) is 9.66. The highest BCUT2D eigenvalue weighted by Crippen LogP contribution is 2.37. The Kier molecular flexibility index (Phi) is 2.82. The van der Waals surface area contributed by atoms with Gasteiger partial charge in [0.15, 0.2) is 0 Å². The minimum Gasteiger partial charge on any atom is -0.314 e. The summed E-state index contributed by atoms with van der Waals surface area (Å²) in [6.07, 6.45) is 2.16. The largest absolute Gasteiger partial charge is 0.314 e. The van der Waals surface area contributed by atoms with Crippen molar-refractivity contribution in [2.45, 2.75) is 31.7 Å². The molecule has 0 spiro atoms. The summed E-state index contributed by atoms with van der Waals surface area (Å²) in [5, 5.41) is 3.38. The van der Waals surface area contributed by atoms with Crippen molar-refractivity contribution in [2.75, 3.05) is 6.54 Å². The van der Waals surface area contributed by atoms with Gasteiger partial charge in [-0.2, -0.15) is 0 Å². The fraction of sp³-hybridized carbons (Fsp3) is 0.500. The number of hydrogen-bond donors (Lipinski definition) is 1. The highest BCUT2D eigenvalue weighted by Gasteiger charge is 2.30. The molecular formula is C12H16FN. The molecule has 0 aromatic heterocycles. The van der Waals surface area contributed by atoms with Crippen molar-refractivity contribution in [1.29, 1.82) is 0 Å². The van der Waals surface area contributed by atoms with Crippen molar-refractivity contribution < 1.29 is 4.39 Å². The normalized spacial score (nSPS) is 25.9. The third-order valence-corrected chi connectivity index (χ3v) is 2.98. The summed E-state index contributed by atoms with van der Waals surface area (Å²) in [5.74, 6) is 0.382. The Hall–Kier alpha value is -0.890. The van der Waals surface area contributed by atoms with E-state index in [4.69, 9.17) is 0 Å². The molecule has 1 aromatic carbocycles. The van der Waals surface area contributed by atoms with Crippen LogP contribution in [0.2, 0.25) is 0 Å². The molecule has 2 heteroatoms. The van der Waals surface area contributed by atoms with Crippen LogP contribution in [0.5, 0.6) is 0 Å². The maximum Gasteiger partial charge on any atom is 0.126 e. The quantitative estimate of drug-likeness (QED) is 0.778. The second-order valence-corrected chi connectivity index (χ2v) is 3.94. The average molecular weight is 193 g/mol. The van der Waals surface area contributed by atoms with Crippen molar-refractivity contribution in [3.8, 4) is 0 Å². The minimum absolute atomic E-state index is 0.0487. The van der Waals surface area contributed by atoms with E-state index in [2.05, 4.69) is 12.2 Å². The molecule has 0 saturated heterocycles. The smallest absolute Gasteiger partial charge is 0.126 e. The predicted molar refractivity (Wildman–Crippen MR) is 55.8 cm³/mol. The van der Waals surface area contributed by atoms with Gasteiger partial charge < -0.3 is 5.32 Å². The molecule has 0 heterocycles. The maximum atomic E-state index is 13.4. The standard InChI is InChI=1S/C12H16FN/c1-2-14-10-7-9(8-10)11-5-3-4-6-12(11)13/h3-6,9-10,14H,2,7-8H2,1H3. The molecule has 76 valence electrons. The van der Waals surface area contributed by atoms with Gasteiger partial charge in [-0.1, -0.05) is 25.1 Å². The Labute approximate surface area is 84.3 Å². The van der Waals surface area contributed by atoms with Crippen molar-refractivity contribution in [3.63, 3.8) is 0 Å². The predicted octanol–water partition coefficient (Wildman–Crippen LogP) is 2.68. The molecule has 1 saturated carbocycles. The molecule has 0 aliphatic heterocycles. The fourth-order valence-electron chi connectivity index (χ4n) is 2.13. The molecule has 1 aliphatic rings. The number of nitrogens with one attached hydrogen (secondary N) is 1.